The van der Waals surface area contributed by atoms with Crippen LogP contribution >= 0.6 is 0 Å². The van der Waals surface area contributed by atoms with Crippen molar-refractivity contribution in [3.63, 3.8) is 0 Å². The molecule has 2 heterocycles. The molecule has 1 aliphatic rings. The van der Waals surface area contributed by atoms with Crippen LogP contribution < -0.4 is 5.32 Å². The van der Waals surface area contributed by atoms with Crippen molar-refractivity contribution in [3.8, 4) is 0 Å². The first-order valence-electron chi connectivity index (χ1n) is 8.60. The summed E-state index contributed by atoms with van der Waals surface area (Å²) in [6.45, 7) is 1.72. The van der Waals surface area contributed by atoms with Gasteiger partial charge in [-0.3, -0.25) is 4.90 Å². The number of halogens is 3. The zero-order valence-electron chi connectivity index (χ0n) is 14.4. The Morgan fingerprint density at radius 2 is 1.78 bits per heavy atom. The maximum atomic E-state index is 13.9. The molecule has 7 heteroatoms. The molecular weight excluding hydrogens is 353 g/mol. The molecule has 0 saturated carbocycles. The molecule has 0 saturated heterocycles. The predicted octanol–water partition coefficient (Wildman–Crippen LogP) is 4.20. The Kier molecular flexibility index (Phi) is 4.77. The van der Waals surface area contributed by atoms with Gasteiger partial charge in [0, 0.05) is 55.1 Å². The number of rotatable bonds is 4. The molecule has 2 aromatic carbocycles. The normalized spacial score (nSPS) is 14.0. The number of hydrogen-bond donors (Lipinski definition) is 1. The number of aromatic nitrogens is 2. The zero-order chi connectivity index (χ0) is 18.8. The summed E-state index contributed by atoms with van der Waals surface area (Å²) in [6.07, 6.45) is 2.46. The van der Waals surface area contributed by atoms with Crippen LogP contribution in [0.2, 0.25) is 0 Å². The first kappa shape index (κ1) is 17.5. The topological polar surface area (TPSA) is 41.1 Å². The highest BCUT2D eigenvalue weighted by atomic mass is 19.1. The van der Waals surface area contributed by atoms with Crippen molar-refractivity contribution in [1.29, 1.82) is 0 Å². The molecule has 0 fully saturated rings. The second-order valence-corrected chi connectivity index (χ2v) is 6.49. The average molecular weight is 370 g/mol. The quantitative estimate of drug-likeness (QED) is 0.748. The van der Waals surface area contributed by atoms with Gasteiger partial charge in [0.1, 0.15) is 17.5 Å². The molecule has 0 radical (unpaired) electrons. The molecule has 4 nitrogen and oxygen atoms in total. The van der Waals surface area contributed by atoms with Crippen molar-refractivity contribution in [3.05, 3.63) is 82.9 Å². The third kappa shape index (κ3) is 4.09. The summed E-state index contributed by atoms with van der Waals surface area (Å²) in [5.41, 5.74) is 3.09. The van der Waals surface area contributed by atoms with Crippen LogP contribution in [0.4, 0.5) is 24.8 Å². The predicted molar refractivity (Wildman–Crippen MR) is 95.9 cm³/mol. The highest BCUT2D eigenvalue weighted by Crippen LogP contribution is 2.22. The van der Waals surface area contributed by atoms with Crippen molar-refractivity contribution in [2.75, 3.05) is 11.9 Å². The van der Waals surface area contributed by atoms with Gasteiger partial charge in [0.15, 0.2) is 0 Å². The van der Waals surface area contributed by atoms with E-state index in [2.05, 4.69) is 20.2 Å². The maximum absolute atomic E-state index is 13.9. The molecule has 0 atom stereocenters. The van der Waals surface area contributed by atoms with Crippen LogP contribution in [0.5, 0.6) is 0 Å². The monoisotopic (exact) mass is 370 g/mol. The molecule has 0 aliphatic carbocycles. The largest absolute Gasteiger partial charge is 0.324 e. The molecule has 0 unspecified atom stereocenters. The minimum absolute atomic E-state index is 0.301. The fourth-order valence-corrected chi connectivity index (χ4v) is 3.12. The SMILES string of the molecule is Fc1ccc(Nc2ncc3c(n2)CCN(Cc2ccc(F)cc2F)C3)cc1. The van der Waals surface area contributed by atoms with E-state index in [0.717, 1.165) is 23.9 Å². The van der Waals surface area contributed by atoms with E-state index < -0.39 is 11.6 Å². The number of benzene rings is 2. The Bertz CT molecular complexity index is 960. The van der Waals surface area contributed by atoms with E-state index in [-0.39, 0.29) is 5.82 Å². The van der Waals surface area contributed by atoms with Gasteiger partial charge in [-0.25, -0.2) is 23.1 Å². The molecule has 1 aliphatic heterocycles. The average Bonchev–Trinajstić information content (AvgIpc) is 2.66. The highest BCUT2D eigenvalue weighted by Gasteiger charge is 2.19. The van der Waals surface area contributed by atoms with Crippen LogP contribution in [-0.2, 0) is 19.5 Å². The van der Waals surface area contributed by atoms with Crippen molar-refractivity contribution in [2.45, 2.75) is 19.5 Å². The van der Waals surface area contributed by atoms with E-state index in [9.17, 15) is 13.2 Å². The lowest BCUT2D eigenvalue weighted by Gasteiger charge is -2.28. The van der Waals surface area contributed by atoms with E-state index in [1.54, 1.807) is 18.3 Å². The number of anilines is 2. The van der Waals surface area contributed by atoms with Crippen molar-refractivity contribution < 1.29 is 13.2 Å². The van der Waals surface area contributed by atoms with E-state index in [1.165, 1.54) is 24.3 Å². The second-order valence-electron chi connectivity index (χ2n) is 6.49. The smallest absolute Gasteiger partial charge is 0.227 e. The Morgan fingerprint density at radius 1 is 1.00 bits per heavy atom. The molecule has 0 bridgehead atoms. The van der Waals surface area contributed by atoms with Gasteiger partial charge in [0.05, 0.1) is 5.69 Å². The Balaban J connectivity index is 1.45. The lowest BCUT2D eigenvalue weighted by Crippen LogP contribution is -2.31. The first-order valence-corrected chi connectivity index (χ1v) is 8.60. The summed E-state index contributed by atoms with van der Waals surface area (Å²) in [5.74, 6) is -0.950. The molecule has 27 heavy (non-hydrogen) atoms. The van der Waals surface area contributed by atoms with Gasteiger partial charge in [0.25, 0.3) is 0 Å². The van der Waals surface area contributed by atoms with Gasteiger partial charge in [-0.15, -0.1) is 0 Å². The Morgan fingerprint density at radius 3 is 2.56 bits per heavy atom. The summed E-state index contributed by atoms with van der Waals surface area (Å²) in [6, 6.07) is 9.64. The van der Waals surface area contributed by atoms with Crippen LogP contribution in [0.25, 0.3) is 0 Å². The molecule has 3 aromatic rings. The molecular formula is C20H17F3N4. The zero-order valence-corrected chi connectivity index (χ0v) is 14.4. The van der Waals surface area contributed by atoms with Gasteiger partial charge in [0.2, 0.25) is 5.95 Å². The van der Waals surface area contributed by atoms with Gasteiger partial charge < -0.3 is 5.32 Å². The Labute approximate surface area is 154 Å². The van der Waals surface area contributed by atoms with Crippen LogP contribution in [0, 0.1) is 17.5 Å². The van der Waals surface area contributed by atoms with Crippen molar-refractivity contribution >= 4 is 11.6 Å². The molecule has 1 aromatic heterocycles. The number of hydrogen-bond acceptors (Lipinski definition) is 4. The third-order valence-corrected chi connectivity index (χ3v) is 4.52. The lowest BCUT2D eigenvalue weighted by molar-refractivity contribution is 0.239. The third-order valence-electron chi connectivity index (χ3n) is 4.52. The summed E-state index contributed by atoms with van der Waals surface area (Å²) < 4.78 is 39.9. The van der Waals surface area contributed by atoms with E-state index >= 15 is 0 Å². The van der Waals surface area contributed by atoms with Crippen molar-refractivity contribution in [1.82, 2.24) is 14.9 Å². The minimum atomic E-state index is -0.574. The molecule has 0 amide bonds. The number of fused-ring (bicyclic) bond motifs is 1. The summed E-state index contributed by atoms with van der Waals surface area (Å²) in [4.78, 5) is 10.9. The van der Waals surface area contributed by atoms with Crippen LogP contribution in [-0.4, -0.2) is 21.4 Å². The maximum Gasteiger partial charge on any atom is 0.227 e. The number of nitrogens with zero attached hydrogens (tertiary/aromatic N) is 3. The summed E-state index contributed by atoms with van der Waals surface area (Å²) in [7, 11) is 0. The Hall–Kier alpha value is -2.93. The van der Waals surface area contributed by atoms with E-state index in [0.29, 0.717) is 36.7 Å². The molecule has 0 spiro atoms. The van der Waals surface area contributed by atoms with Gasteiger partial charge in [-0.05, 0) is 30.3 Å². The molecule has 4 rings (SSSR count). The fraction of sp³-hybridized carbons (Fsp3) is 0.200. The second kappa shape index (κ2) is 7.36. The van der Waals surface area contributed by atoms with Crippen LogP contribution in [0.1, 0.15) is 16.8 Å². The van der Waals surface area contributed by atoms with Crippen LogP contribution in [0.3, 0.4) is 0 Å². The minimum Gasteiger partial charge on any atom is -0.324 e. The van der Waals surface area contributed by atoms with E-state index in [1.807, 2.05) is 0 Å². The molecule has 1 N–H and O–H groups in total. The first-order chi connectivity index (χ1) is 13.1. The van der Waals surface area contributed by atoms with Crippen molar-refractivity contribution in [2.24, 2.45) is 0 Å². The summed E-state index contributed by atoms with van der Waals surface area (Å²) in [5, 5.41) is 3.06. The summed E-state index contributed by atoms with van der Waals surface area (Å²) >= 11 is 0. The lowest BCUT2D eigenvalue weighted by atomic mass is 10.1. The van der Waals surface area contributed by atoms with Gasteiger partial charge in [-0.2, -0.15) is 0 Å². The highest BCUT2D eigenvalue weighted by molar-refractivity contribution is 5.53. The molecule has 138 valence electrons. The standard InChI is InChI=1S/C20H17F3N4/c21-15-3-5-17(6-4-15)25-20-24-10-14-12-27(8-7-19(14)26-20)11-13-1-2-16(22)9-18(13)23/h1-6,9-10H,7-8,11-12H2,(H,24,25,26). The van der Waals surface area contributed by atoms with Gasteiger partial charge >= 0.3 is 0 Å². The van der Waals surface area contributed by atoms with E-state index in [4.69, 9.17) is 0 Å². The fourth-order valence-electron chi connectivity index (χ4n) is 3.12. The van der Waals surface area contributed by atoms with Crippen LogP contribution in [0.15, 0.2) is 48.7 Å². The number of nitrogens with one attached hydrogen (secondary N) is 1. The van der Waals surface area contributed by atoms with Gasteiger partial charge in [-0.1, -0.05) is 6.07 Å².